The molecule has 1 unspecified atom stereocenters. The van der Waals surface area contributed by atoms with Crippen molar-refractivity contribution in [2.24, 2.45) is 14.1 Å². The van der Waals surface area contributed by atoms with E-state index in [0.717, 1.165) is 23.1 Å². The molecule has 0 bridgehead atoms. The summed E-state index contributed by atoms with van der Waals surface area (Å²) >= 11 is 0. The van der Waals surface area contributed by atoms with E-state index in [1.54, 1.807) is 24.1 Å². The lowest BCUT2D eigenvalue weighted by Crippen LogP contribution is -2.38. The highest BCUT2D eigenvalue weighted by Gasteiger charge is 2.21. The van der Waals surface area contributed by atoms with Crippen LogP contribution in [0.5, 0.6) is 5.75 Å². The summed E-state index contributed by atoms with van der Waals surface area (Å²) in [6.07, 6.45) is 5.24. The number of imidazole rings is 2. The van der Waals surface area contributed by atoms with Gasteiger partial charge in [0.1, 0.15) is 18.5 Å². The second-order valence-electron chi connectivity index (χ2n) is 8.24. The molecule has 0 saturated heterocycles. The van der Waals surface area contributed by atoms with Gasteiger partial charge in [0.2, 0.25) is 5.95 Å². The smallest absolute Gasteiger partial charge is 0.332 e. The van der Waals surface area contributed by atoms with Crippen LogP contribution in [0, 0.1) is 6.92 Å². The summed E-state index contributed by atoms with van der Waals surface area (Å²) in [5, 5.41) is 14.0. The van der Waals surface area contributed by atoms with Crippen LogP contribution in [0.25, 0.3) is 11.2 Å². The molecule has 0 aliphatic carbocycles. The number of anilines is 1. The maximum atomic E-state index is 13.0. The Morgan fingerprint density at radius 3 is 2.71 bits per heavy atom. The lowest BCUT2D eigenvalue weighted by atomic mass is 10.2. The van der Waals surface area contributed by atoms with E-state index in [2.05, 4.69) is 15.3 Å². The molecule has 11 heteroatoms. The Labute approximate surface area is 195 Å². The second-order valence-corrected chi connectivity index (χ2v) is 8.24. The molecule has 0 amide bonds. The molecular formula is C23H29N7O4. The summed E-state index contributed by atoms with van der Waals surface area (Å²) in [6.45, 7) is 3.38. The number of ether oxygens (including phenoxy) is 1. The number of benzene rings is 1. The van der Waals surface area contributed by atoms with Crippen LogP contribution in [0.4, 0.5) is 5.95 Å². The number of fused-ring (bicyclic) bond motifs is 1. The Bertz CT molecular complexity index is 1390. The number of aromatic nitrogens is 6. The Kier molecular flexibility index (Phi) is 6.82. The first-order valence-corrected chi connectivity index (χ1v) is 11.1. The minimum Gasteiger partial charge on any atom is -0.491 e. The SMILES string of the molecule is Cc1ccccc1OCC(O)Cn1c(NCCCn2ccnc2)nc2c1c(=O)n(C)c(=O)n2C. The Morgan fingerprint density at radius 1 is 1.18 bits per heavy atom. The molecule has 4 rings (SSSR count). The normalized spacial score (nSPS) is 12.2. The van der Waals surface area contributed by atoms with Crippen LogP contribution in [-0.4, -0.2) is 52.6 Å². The van der Waals surface area contributed by atoms with Gasteiger partial charge < -0.3 is 24.3 Å². The fraction of sp³-hybridized carbons (Fsp3) is 0.391. The highest BCUT2D eigenvalue weighted by atomic mass is 16.5. The maximum absolute atomic E-state index is 13.0. The molecule has 0 aliphatic heterocycles. The molecule has 0 aliphatic rings. The summed E-state index contributed by atoms with van der Waals surface area (Å²) in [7, 11) is 3.00. The molecule has 180 valence electrons. The van der Waals surface area contributed by atoms with Crippen LogP contribution in [0.15, 0.2) is 52.6 Å². The van der Waals surface area contributed by atoms with Gasteiger partial charge in [-0.3, -0.25) is 13.9 Å². The molecular weight excluding hydrogens is 438 g/mol. The first-order chi connectivity index (χ1) is 16.4. The van der Waals surface area contributed by atoms with E-state index in [4.69, 9.17) is 4.74 Å². The molecule has 34 heavy (non-hydrogen) atoms. The largest absolute Gasteiger partial charge is 0.491 e. The average molecular weight is 468 g/mol. The predicted octanol–water partition coefficient (Wildman–Crippen LogP) is 0.881. The van der Waals surface area contributed by atoms with Crippen LogP contribution in [-0.2, 0) is 27.2 Å². The van der Waals surface area contributed by atoms with E-state index >= 15 is 0 Å². The van der Waals surface area contributed by atoms with Gasteiger partial charge in [-0.15, -0.1) is 0 Å². The number of aliphatic hydroxyl groups is 1. The minimum atomic E-state index is -0.912. The van der Waals surface area contributed by atoms with E-state index in [1.807, 2.05) is 42.0 Å². The molecule has 1 atom stereocenters. The van der Waals surface area contributed by atoms with Gasteiger partial charge in [0.05, 0.1) is 12.9 Å². The number of hydrogen-bond donors (Lipinski definition) is 2. The molecule has 0 fully saturated rings. The Hall–Kier alpha value is -3.86. The van der Waals surface area contributed by atoms with Crippen molar-refractivity contribution in [3.63, 3.8) is 0 Å². The van der Waals surface area contributed by atoms with Crippen LogP contribution in [0.1, 0.15) is 12.0 Å². The summed E-state index contributed by atoms with van der Waals surface area (Å²) in [5.41, 5.74) is 0.544. The molecule has 2 N–H and O–H groups in total. The first kappa shape index (κ1) is 23.3. The fourth-order valence-electron chi connectivity index (χ4n) is 3.81. The van der Waals surface area contributed by atoms with Crippen molar-refractivity contribution in [2.75, 3.05) is 18.5 Å². The number of hydrogen-bond acceptors (Lipinski definition) is 7. The Morgan fingerprint density at radius 2 is 1.97 bits per heavy atom. The lowest BCUT2D eigenvalue weighted by molar-refractivity contribution is 0.0935. The molecule has 0 saturated carbocycles. The number of aliphatic hydroxyl groups excluding tert-OH is 1. The average Bonchev–Trinajstić information content (AvgIpc) is 3.47. The van der Waals surface area contributed by atoms with Crippen molar-refractivity contribution >= 4 is 17.1 Å². The molecule has 1 aromatic carbocycles. The molecule has 3 heterocycles. The molecule has 0 radical (unpaired) electrons. The zero-order valence-corrected chi connectivity index (χ0v) is 19.5. The molecule has 11 nitrogen and oxygen atoms in total. The fourth-order valence-corrected chi connectivity index (χ4v) is 3.81. The van der Waals surface area contributed by atoms with Crippen LogP contribution < -0.4 is 21.3 Å². The summed E-state index contributed by atoms with van der Waals surface area (Å²) < 4.78 is 11.8. The monoisotopic (exact) mass is 467 g/mol. The van der Waals surface area contributed by atoms with Crippen LogP contribution >= 0.6 is 0 Å². The summed E-state index contributed by atoms with van der Waals surface area (Å²) in [5.74, 6) is 1.10. The third-order valence-electron chi connectivity index (χ3n) is 5.70. The van der Waals surface area contributed by atoms with Gasteiger partial charge in [-0.2, -0.15) is 4.98 Å². The third-order valence-corrected chi connectivity index (χ3v) is 5.70. The van der Waals surface area contributed by atoms with Crippen molar-refractivity contribution in [3.8, 4) is 5.75 Å². The van der Waals surface area contributed by atoms with Gasteiger partial charge in [-0.25, -0.2) is 9.78 Å². The predicted molar refractivity (Wildman–Crippen MR) is 128 cm³/mol. The molecule has 0 spiro atoms. The number of para-hydroxylation sites is 1. The highest BCUT2D eigenvalue weighted by Crippen LogP contribution is 2.19. The standard InChI is InChI=1S/C23H29N7O4/c1-16-7-4-5-8-18(16)34-14-17(31)13-30-19-20(27(2)23(33)28(3)21(19)32)26-22(30)25-9-6-11-29-12-10-24-15-29/h4-5,7-8,10,12,15,17,31H,6,9,11,13-14H2,1-3H3,(H,25,26). The van der Waals surface area contributed by atoms with Crippen LogP contribution in [0.2, 0.25) is 0 Å². The van der Waals surface area contributed by atoms with Crippen molar-refractivity contribution in [1.82, 2.24) is 28.2 Å². The van der Waals surface area contributed by atoms with Crippen molar-refractivity contribution < 1.29 is 9.84 Å². The number of nitrogens with one attached hydrogen (secondary N) is 1. The van der Waals surface area contributed by atoms with E-state index in [1.165, 1.54) is 11.6 Å². The van der Waals surface area contributed by atoms with Crippen molar-refractivity contribution in [1.29, 1.82) is 0 Å². The number of nitrogens with zero attached hydrogens (tertiary/aromatic N) is 6. The van der Waals surface area contributed by atoms with E-state index in [9.17, 15) is 14.7 Å². The summed E-state index contributed by atoms with van der Waals surface area (Å²) in [6, 6.07) is 7.56. The van der Waals surface area contributed by atoms with Gasteiger partial charge >= 0.3 is 5.69 Å². The van der Waals surface area contributed by atoms with Crippen molar-refractivity contribution in [2.45, 2.75) is 32.5 Å². The number of aryl methyl sites for hydroxylation is 3. The topological polar surface area (TPSA) is 121 Å². The third kappa shape index (κ3) is 4.74. The van der Waals surface area contributed by atoms with Gasteiger partial charge in [0, 0.05) is 39.6 Å². The van der Waals surface area contributed by atoms with Gasteiger partial charge in [0.15, 0.2) is 11.2 Å². The van der Waals surface area contributed by atoms with E-state index in [0.29, 0.717) is 18.2 Å². The van der Waals surface area contributed by atoms with Gasteiger partial charge in [0.25, 0.3) is 5.56 Å². The second kappa shape index (κ2) is 9.96. The first-order valence-electron chi connectivity index (χ1n) is 11.1. The zero-order chi connectivity index (χ0) is 24.2. The van der Waals surface area contributed by atoms with Crippen LogP contribution in [0.3, 0.4) is 0 Å². The van der Waals surface area contributed by atoms with E-state index in [-0.39, 0.29) is 24.3 Å². The molecule has 4 aromatic rings. The lowest BCUT2D eigenvalue weighted by Gasteiger charge is -2.17. The van der Waals surface area contributed by atoms with Crippen molar-refractivity contribution in [3.05, 3.63) is 69.4 Å². The number of rotatable bonds is 10. The quantitative estimate of drug-likeness (QED) is 0.332. The van der Waals surface area contributed by atoms with E-state index < -0.39 is 17.4 Å². The minimum absolute atomic E-state index is 0.0384. The van der Waals surface area contributed by atoms with Gasteiger partial charge in [-0.05, 0) is 25.0 Å². The maximum Gasteiger partial charge on any atom is 0.332 e. The highest BCUT2D eigenvalue weighted by molar-refractivity contribution is 5.74. The molecule has 3 aromatic heterocycles. The summed E-state index contributed by atoms with van der Waals surface area (Å²) in [4.78, 5) is 33.9. The Balaban J connectivity index is 1.58. The zero-order valence-electron chi connectivity index (χ0n) is 19.5. The van der Waals surface area contributed by atoms with Gasteiger partial charge in [-0.1, -0.05) is 18.2 Å².